The van der Waals surface area contributed by atoms with Gasteiger partial charge in [-0.05, 0) is 66.0 Å². The number of rotatable bonds is 4. The Labute approximate surface area is 171 Å². The Morgan fingerprint density at radius 3 is 2.57 bits per heavy atom. The smallest absolute Gasteiger partial charge is 0.291 e. The SMILES string of the molecule is Cc1c(C(=O)Nc2ccccc2Br)oc2ccc(S(=O)(=O)N3CCCC3)cc12. The van der Waals surface area contributed by atoms with Gasteiger partial charge in [-0.25, -0.2) is 8.42 Å². The number of hydrogen-bond donors (Lipinski definition) is 1. The lowest BCUT2D eigenvalue weighted by Gasteiger charge is -2.15. The summed E-state index contributed by atoms with van der Waals surface area (Å²) < 4.78 is 33.6. The summed E-state index contributed by atoms with van der Waals surface area (Å²) >= 11 is 3.40. The van der Waals surface area contributed by atoms with Crippen molar-refractivity contribution < 1.29 is 17.6 Å². The van der Waals surface area contributed by atoms with Crippen molar-refractivity contribution in [2.24, 2.45) is 0 Å². The number of aryl methyl sites for hydroxylation is 1. The van der Waals surface area contributed by atoms with E-state index in [-0.39, 0.29) is 16.6 Å². The largest absolute Gasteiger partial charge is 0.451 e. The fourth-order valence-electron chi connectivity index (χ4n) is 3.40. The average Bonchev–Trinajstić information content (AvgIpc) is 3.32. The molecule has 6 nitrogen and oxygen atoms in total. The van der Waals surface area contributed by atoms with E-state index in [0.717, 1.165) is 17.3 Å². The second-order valence-electron chi connectivity index (χ2n) is 6.76. The maximum atomic E-state index is 12.8. The highest BCUT2D eigenvalue weighted by atomic mass is 79.9. The first-order valence-electron chi connectivity index (χ1n) is 8.97. The minimum atomic E-state index is -3.53. The molecule has 0 bridgehead atoms. The highest BCUT2D eigenvalue weighted by molar-refractivity contribution is 9.10. The summed E-state index contributed by atoms with van der Waals surface area (Å²) in [7, 11) is -3.53. The molecule has 1 amide bonds. The molecule has 146 valence electrons. The van der Waals surface area contributed by atoms with Crippen LogP contribution in [0.15, 0.2) is 56.2 Å². The van der Waals surface area contributed by atoms with Crippen molar-refractivity contribution in [2.45, 2.75) is 24.7 Å². The van der Waals surface area contributed by atoms with Crippen LogP contribution >= 0.6 is 15.9 Å². The fraction of sp³-hybridized carbons (Fsp3) is 0.250. The Hall–Kier alpha value is -2.16. The molecule has 0 saturated carbocycles. The van der Waals surface area contributed by atoms with Crippen molar-refractivity contribution in [3.63, 3.8) is 0 Å². The lowest BCUT2D eigenvalue weighted by Crippen LogP contribution is -2.27. The molecule has 0 aliphatic carbocycles. The maximum Gasteiger partial charge on any atom is 0.291 e. The van der Waals surface area contributed by atoms with Gasteiger partial charge in [0.1, 0.15) is 5.58 Å². The van der Waals surface area contributed by atoms with Crippen molar-refractivity contribution in [3.05, 3.63) is 58.3 Å². The van der Waals surface area contributed by atoms with Gasteiger partial charge >= 0.3 is 0 Å². The number of nitrogens with zero attached hydrogens (tertiary/aromatic N) is 1. The van der Waals surface area contributed by atoms with Gasteiger partial charge in [0.25, 0.3) is 5.91 Å². The van der Waals surface area contributed by atoms with Gasteiger partial charge in [-0.1, -0.05) is 12.1 Å². The number of anilines is 1. The molecule has 3 aromatic rings. The molecular formula is C20H19BrN2O4S. The van der Waals surface area contributed by atoms with Crippen molar-refractivity contribution >= 4 is 48.5 Å². The summed E-state index contributed by atoms with van der Waals surface area (Å²) in [5.74, 6) is -0.217. The lowest BCUT2D eigenvalue weighted by molar-refractivity contribution is 0.0998. The van der Waals surface area contributed by atoms with Crippen LogP contribution in [0.1, 0.15) is 29.0 Å². The summed E-state index contributed by atoms with van der Waals surface area (Å²) in [6.45, 7) is 2.85. The van der Waals surface area contributed by atoms with Gasteiger partial charge in [0.05, 0.1) is 10.6 Å². The lowest BCUT2D eigenvalue weighted by atomic mass is 10.1. The first kappa shape index (κ1) is 19.2. The third-order valence-corrected chi connectivity index (χ3v) is 7.52. The number of fused-ring (bicyclic) bond motifs is 1. The van der Waals surface area contributed by atoms with E-state index in [1.165, 1.54) is 10.4 Å². The molecule has 4 rings (SSSR count). The van der Waals surface area contributed by atoms with Gasteiger partial charge in [-0.15, -0.1) is 0 Å². The monoisotopic (exact) mass is 462 g/mol. The number of nitrogens with one attached hydrogen (secondary N) is 1. The minimum absolute atomic E-state index is 0.168. The first-order valence-corrected chi connectivity index (χ1v) is 11.2. The van der Waals surface area contributed by atoms with E-state index in [2.05, 4.69) is 21.2 Å². The molecule has 8 heteroatoms. The van der Waals surface area contributed by atoms with Crippen LogP contribution < -0.4 is 5.32 Å². The van der Waals surface area contributed by atoms with Crippen LogP contribution in [0.3, 0.4) is 0 Å². The molecule has 0 radical (unpaired) electrons. The van der Waals surface area contributed by atoms with Gasteiger partial charge in [-0.2, -0.15) is 4.31 Å². The van der Waals surface area contributed by atoms with Gasteiger partial charge in [-0.3, -0.25) is 4.79 Å². The number of hydrogen-bond acceptors (Lipinski definition) is 4. The highest BCUT2D eigenvalue weighted by Crippen LogP contribution is 2.31. The van der Waals surface area contributed by atoms with E-state index in [1.54, 1.807) is 25.1 Å². The maximum absolute atomic E-state index is 12.8. The zero-order valence-corrected chi connectivity index (χ0v) is 17.6. The molecule has 1 aliphatic rings. The standard InChI is InChI=1S/C20H19BrN2O4S/c1-13-15-12-14(28(25,26)23-10-4-5-11-23)8-9-18(15)27-19(13)20(24)22-17-7-3-2-6-16(17)21/h2-3,6-9,12H,4-5,10-11H2,1H3,(H,22,24). The van der Waals surface area contributed by atoms with E-state index >= 15 is 0 Å². The Morgan fingerprint density at radius 2 is 1.86 bits per heavy atom. The average molecular weight is 463 g/mol. The molecule has 1 aromatic heterocycles. The summed E-state index contributed by atoms with van der Waals surface area (Å²) in [4.78, 5) is 12.9. The fourth-order valence-corrected chi connectivity index (χ4v) is 5.32. The predicted molar refractivity (Wildman–Crippen MR) is 111 cm³/mol. The number of furan rings is 1. The molecule has 1 aliphatic heterocycles. The van der Waals surface area contributed by atoms with E-state index in [4.69, 9.17) is 4.42 Å². The van der Waals surface area contributed by atoms with E-state index < -0.39 is 10.0 Å². The topological polar surface area (TPSA) is 79.6 Å². The third-order valence-electron chi connectivity index (χ3n) is 4.94. The number of para-hydroxylation sites is 1. The molecular weight excluding hydrogens is 444 g/mol. The number of amides is 1. The molecule has 0 atom stereocenters. The molecule has 28 heavy (non-hydrogen) atoms. The number of benzene rings is 2. The number of sulfonamides is 1. The second kappa shape index (κ2) is 7.35. The Bertz CT molecular complexity index is 1160. The molecule has 0 spiro atoms. The van der Waals surface area contributed by atoms with Gasteiger partial charge in [0.15, 0.2) is 5.76 Å². The van der Waals surface area contributed by atoms with Crippen LogP contribution in [0.4, 0.5) is 5.69 Å². The quantitative estimate of drug-likeness (QED) is 0.616. The zero-order chi connectivity index (χ0) is 19.9. The van der Waals surface area contributed by atoms with Crippen molar-refractivity contribution in [2.75, 3.05) is 18.4 Å². The Kier molecular flexibility index (Phi) is 5.03. The minimum Gasteiger partial charge on any atom is -0.451 e. The van der Waals surface area contributed by atoms with Crippen LogP contribution in [0.2, 0.25) is 0 Å². The molecule has 2 aromatic carbocycles. The summed E-state index contributed by atoms with van der Waals surface area (Å²) in [6, 6.07) is 12.0. The van der Waals surface area contributed by atoms with Crippen molar-refractivity contribution in [1.82, 2.24) is 4.31 Å². The van der Waals surface area contributed by atoms with E-state index in [9.17, 15) is 13.2 Å². The molecule has 1 fully saturated rings. The Morgan fingerprint density at radius 1 is 1.14 bits per heavy atom. The van der Waals surface area contributed by atoms with Crippen LogP contribution in [0, 0.1) is 6.92 Å². The predicted octanol–water partition coefficient (Wildman–Crippen LogP) is 4.54. The van der Waals surface area contributed by atoms with Crippen LogP contribution in [-0.4, -0.2) is 31.7 Å². The second-order valence-corrected chi connectivity index (χ2v) is 9.55. The van der Waals surface area contributed by atoms with Crippen molar-refractivity contribution in [1.29, 1.82) is 0 Å². The first-order chi connectivity index (χ1) is 13.4. The van der Waals surface area contributed by atoms with Gasteiger partial charge in [0.2, 0.25) is 10.0 Å². The normalized spacial score (nSPS) is 15.2. The van der Waals surface area contributed by atoms with Crippen molar-refractivity contribution in [3.8, 4) is 0 Å². The zero-order valence-electron chi connectivity index (χ0n) is 15.2. The van der Waals surface area contributed by atoms with Gasteiger partial charge in [0, 0.05) is 28.5 Å². The number of carbonyl (C=O) groups is 1. The highest BCUT2D eigenvalue weighted by Gasteiger charge is 2.28. The van der Waals surface area contributed by atoms with Crippen LogP contribution in [0.5, 0.6) is 0 Å². The third kappa shape index (κ3) is 3.36. The van der Waals surface area contributed by atoms with E-state index in [1.807, 2.05) is 18.2 Å². The summed E-state index contributed by atoms with van der Waals surface area (Å²) in [5, 5.41) is 3.43. The van der Waals surface area contributed by atoms with Gasteiger partial charge < -0.3 is 9.73 Å². The summed E-state index contributed by atoms with van der Waals surface area (Å²) in [5.41, 5.74) is 1.72. The Balaban J connectivity index is 1.69. The van der Waals surface area contributed by atoms with Crippen LogP contribution in [-0.2, 0) is 10.0 Å². The molecule has 1 saturated heterocycles. The van der Waals surface area contributed by atoms with E-state index in [0.29, 0.717) is 35.3 Å². The molecule has 2 heterocycles. The van der Waals surface area contributed by atoms with Crippen LogP contribution in [0.25, 0.3) is 11.0 Å². The number of halogens is 1. The summed E-state index contributed by atoms with van der Waals surface area (Å²) in [6.07, 6.45) is 1.76. The number of carbonyl (C=O) groups excluding carboxylic acids is 1. The molecule has 0 unspecified atom stereocenters. The molecule has 1 N–H and O–H groups in total.